The Morgan fingerprint density at radius 1 is 1.00 bits per heavy atom. The zero-order chi connectivity index (χ0) is 18.3. The molecule has 0 amide bonds. The molecule has 0 radical (unpaired) electrons. The van der Waals surface area contributed by atoms with Crippen LogP contribution in [0.2, 0.25) is 10.0 Å². The van der Waals surface area contributed by atoms with Gasteiger partial charge in [0.25, 0.3) is 0 Å². The van der Waals surface area contributed by atoms with Crippen molar-refractivity contribution in [2.45, 2.75) is 13.1 Å². The summed E-state index contributed by atoms with van der Waals surface area (Å²) in [6, 6.07) is 11.6. The molecule has 0 unspecified atom stereocenters. The van der Waals surface area contributed by atoms with Crippen LogP contribution >= 0.6 is 23.2 Å². The smallest absolute Gasteiger partial charge is 0.131 e. The number of rotatable bonds is 5. The molecule has 2 aromatic carbocycles. The fourth-order valence-electron chi connectivity index (χ4n) is 3.01. The van der Waals surface area contributed by atoms with Crippen molar-refractivity contribution in [3.05, 3.63) is 52.3 Å². The molecule has 26 heavy (non-hydrogen) atoms. The van der Waals surface area contributed by atoms with Gasteiger partial charge in [0, 0.05) is 13.1 Å². The van der Waals surface area contributed by atoms with Crippen LogP contribution in [0, 0.1) is 0 Å². The van der Waals surface area contributed by atoms with Crippen molar-refractivity contribution in [3.63, 3.8) is 0 Å². The monoisotopic (exact) mass is 388 g/mol. The zero-order valence-corrected chi connectivity index (χ0v) is 16.0. The highest BCUT2D eigenvalue weighted by atomic mass is 35.5. The van der Waals surface area contributed by atoms with Gasteiger partial charge in [-0.1, -0.05) is 40.5 Å². The van der Waals surface area contributed by atoms with Crippen molar-refractivity contribution in [2.75, 3.05) is 20.6 Å². The van der Waals surface area contributed by atoms with E-state index in [9.17, 15) is 0 Å². The summed E-state index contributed by atoms with van der Waals surface area (Å²) < 4.78 is 4.04. The lowest BCUT2D eigenvalue weighted by molar-refractivity contribution is 0.382. The van der Waals surface area contributed by atoms with Gasteiger partial charge in [0.2, 0.25) is 0 Å². The first-order chi connectivity index (χ1) is 12.5. The summed E-state index contributed by atoms with van der Waals surface area (Å²) in [4.78, 5) is 6.92. The van der Waals surface area contributed by atoms with E-state index in [1.807, 2.05) is 55.2 Å². The largest absolute Gasteiger partial charge is 0.325 e. The highest BCUT2D eigenvalue weighted by molar-refractivity contribution is 6.42. The number of nitrogens with zero attached hydrogens (tertiary/aromatic N) is 6. The number of aromatic nitrogens is 5. The van der Waals surface area contributed by atoms with Gasteiger partial charge in [-0.05, 0) is 38.4 Å². The second-order valence-electron chi connectivity index (χ2n) is 6.47. The van der Waals surface area contributed by atoms with Gasteiger partial charge in [-0.2, -0.15) is 0 Å². The number of para-hydroxylation sites is 1. The van der Waals surface area contributed by atoms with Gasteiger partial charge in [-0.15, -0.1) is 5.10 Å². The number of hydrogen-bond donors (Lipinski definition) is 0. The number of fused-ring (bicyclic) bond motifs is 2. The highest BCUT2D eigenvalue weighted by Gasteiger charge is 2.15. The van der Waals surface area contributed by atoms with Crippen LogP contribution in [0.25, 0.3) is 22.1 Å². The Balaban J connectivity index is 1.81. The van der Waals surface area contributed by atoms with Gasteiger partial charge in [0.1, 0.15) is 17.9 Å². The quantitative estimate of drug-likeness (QED) is 0.522. The number of likely N-dealkylation sites (N-methyl/N-ethyl adjacent to an activating group) is 1. The van der Waals surface area contributed by atoms with Crippen molar-refractivity contribution in [1.82, 2.24) is 29.4 Å². The molecule has 0 bridgehead atoms. The summed E-state index contributed by atoms with van der Waals surface area (Å²) in [6.45, 7) is 2.21. The molecular formula is C18H18Cl2N6. The second kappa shape index (κ2) is 6.87. The Hall–Kier alpha value is -2.15. The molecule has 0 spiro atoms. The van der Waals surface area contributed by atoms with Crippen LogP contribution in [0.4, 0.5) is 0 Å². The summed E-state index contributed by atoms with van der Waals surface area (Å²) in [5, 5.41) is 9.55. The van der Waals surface area contributed by atoms with E-state index in [1.54, 1.807) is 0 Å². The maximum Gasteiger partial charge on any atom is 0.131 e. The molecule has 0 saturated carbocycles. The van der Waals surface area contributed by atoms with Crippen LogP contribution < -0.4 is 0 Å². The number of halogens is 2. The number of benzene rings is 2. The molecule has 0 atom stereocenters. The molecule has 4 rings (SSSR count). The first-order valence-electron chi connectivity index (χ1n) is 8.30. The SMILES string of the molecule is CN(C)CCn1c(Cn2nnc3ccccc32)nc2cc(Cl)c(Cl)cc21. The topological polar surface area (TPSA) is 51.8 Å². The average Bonchev–Trinajstić information content (AvgIpc) is 3.15. The second-order valence-corrected chi connectivity index (χ2v) is 7.29. The van der Waals surface area contributed by atoms with Gasteiger partial charge < -0.3 is 9.47 Å². The van der Waals surface area contributed by atoms with Crippen molar-refractivity contribution < 1.29 is 0 Å². The summed E-state index contributed by atoms with van der Waals surface area (Å²) in [5.74, 6) is 0.899. The van der Waals surface area contributed by atoms with E-state index in [-0.39, 0.29) is 0 Å². The van der Waals surface area contributed by atoms with E-state index in [0.717, 1.165) is 41.0 Å². The number of imidazole rings is 1. The minimum Gasteiger partial charge on any atom is -0.325 e. The summed E-state index contributed by atoms with van der Waals surface area (Å²) in [5.41, 5.74) is 3.66. The van der Waals surface area contributed by atoms with E-state index in [1.165, 1.54) is 0 Å². The Morgan fingerprint density at radius 3 is 2.58 bits per heavy atom. The number of hydrogen-bond acceptors (Lipinski definition) is 4. The summed E-state index contributed by atoms with van der Waals surface area (Å²) in [6.07, 6.45) is 0. The van der Waals surface area contributed by atoms with Gasteiger partial charge in [0.05, 0.1) is 26.6 Å². The third-order valence-corrected chi connectivity index (χ3v) is 5.07. The van der Waals surface area contributed by atoms with Crippen LogP contribution in [-0.4, -0.2) is 50.1 Å². The predicted octanol–water partition coefficient (Wildman–Crippen LogP) is 3.70. The van der Waals surface area contributed by atoms with E-state index in [2.05, 4.69) is 19.8 Å². The normalized spacial score (nSPS) is 11.9. The molecule has 0 fully saturated rings. The third kappa shape index (κ3) is 3.16. The molecule has 8 heteroatoms. The first-order valence-corrected chi connectivity index (χ1v) is 9.05. The lowest BCUT2D eigenvalue weighted by atomic mass is 10.3. The molecular weight excluding hydrogens is 371 g/mol. The standard InChI is InChI=1S/C18H18Cl2N6/c1-24(2)7-8-25-17-10-13(20)12(19)9-15(17)21-18(25)11-26-16-6-4-3-5-14(16)22-23-26/h3-6,9-10H,7-8,11H2,1-2H3. The van der Waals surface area contributed by atoms with Crippen LogP contribution in [0.5, 0.6) is 0 Å². The van der Waals surface area contributed by atoms with Crippen LogP contribution in [-0.2, 0) is 13.1 Å². The van der Waals surface area contributed by atoms with Crippen molar-refractivity contribution in [1.29, 1.82) is 0 Å². The molecule has 2 aromatic heterocycles. The minimum absolute atomic E-state index is 0.509. The Labute approximate surface area is 160 Å². The van der Waals surface area contributed by atoms with E-state index < -0.39 is 0 Å². The molecule has 0 N–H and O–H groups in total. The third-order valence-electron chi connectivity index (χ3n) is 4.35. The molecule has 0 aliphatic rings. The van der Waals surface area contributed by atoms with Crippen LogP contribution in [0.3, 0.4) is 0 Å². The Morgan fingerprint density at radius 2 is 1.77 bits per heavy atom. The molecule has 134 valence electrons. The zero-order valence-electron chi connectivity index (χ0n) is 14.5. The molecule has 0 aliphatic carbocycles. The fourth-order valence-corrected chi connectivity index (χ4v) is 3.32. The molecule has 0 saturated heterocycles. The predicted molar refractivity (Wildman–Crippen MR) is 105 cm³/mol. The van der Waals surface area contributed by atoms with Gasteiger partial charge in [-0.25, -0.2) is 9.67 Å². The van der Waals surface area contributed by atoms with Crippen molar-refractivity contribution in [3.8, 4) is 0 Å². The average molecular weight is 389 g/mol. The molecule has 0 aliphatic heterocycles. The highest BCUT2D eigenvalue weighted by Crippen LogP contribution is 2.28. The lowest BCUT2D eigenvalue weighted by Crippen LogP contribution is -2.20. The first kappa shape index (κ1) is 17.3. The van der Waals surface area contributed by atoms with E-state index >= 15 is 0 Å². The van der Waals surface area contributed by atoms with Gasteiger partial charge in [0.15, 0.2) is 0 Å². The van der Waals surface area contributed by atoms with E-state index in [4.69, 9.17) is 28.2 Å². The van der Waals surface area contributed by atoms with E-state index in [0.29, 0.717) is 16.6 Å². The van der Waals surface area contributed by atoms with Gasteiger partial charge >= 0.3 is 0 Å². The summed E-state index contributed by atoms with van der Waals surface area (Å²) >= 11 is 12.4. The molecule has 4 aromatic rings. The lowest BCUT2D eigenvalue weighted by Gasteiger charge is -2.13. The Kier molecular flexibility index (Phi) is 4.56. The van der Waals surface area contributed by atoms with Crippen LogP contribution in [0.1, 0.15) is 5.82 Å². The fraction of sp³-hybridized carbons (Fsp3) is 0.278. The van der Waals surface area contributed by atoms with Crippen LogP contribution in [0.15, 0.2) is 36.4 Å². The molecule has 2 heterocycles. The summed E-state index contributed by atoms with van der Waals surface area (Å²) in [7, 11) is 4.10. The van der Waals surface area contributed by atoms with Crippen molar-refractivity contribution >= 4 is 45.3 Å². The van der Waals surface area contributed by atoms with Gasteiger partial charge in [-0.3, -0.25) is 0 Å². The minimum atomic E-state index is 0.509. The van der Waals surface area contributed by atoms with Crippen molar-refractivity contribution in [2.24, 2.45) is 0 Å². The Bertz CT molecular complexity index is 1080. The molecule has 6 nitrogen and oxygen atoms in total. The maximum absolute atomic E-state index is 6.24. The maximum atomic E-state index is 6.24.